The van der Waals surface area contributed by atoms with Crippen molar-refractivity contribution in [2.75, 3.05) is 19.0 Å². The fourth-order valence-electron chi connectivity index (χ4n) is 2.00. The number of hydrogen-bond donors (Lipinski definition) is 1. The Bertz CT molecular complexity index is 600. The lowest BCUT2D eigenvalue weighted by atomic mass is 10.1. The summed E-state index contributed by atoms with van der Waals surface area (Å²) < 4.78 is 4.64. The Kier molecular flexibility index (Phi) is 5.26. The Hall–Kier alpha value is -2.43. The molecule has 0 saturated heterocycles. The van der Waals surface area contributed by atoms with Crippen LogP contribution in [-0.2, 0) is 11.2 Å². The van der Waals surface area contributed by atoms with Gasteiger partial charge in [-0.15, -0.1) is 0 Å². The summed E-state index contributed by atoms with van der Waals surface area (Å²) in [5, 5.41) is 3.22. The van der Waals surface area contributed by atoms with Crippen LogP contribution in [0.15, 0.2) is 36.4 Å². The molecule has 1 N–H and O–H groups in total. The Balaban J connectivity index is 1.88. The highest BCUT2D eigenvalue weighted by atomic mass is 16.5. The van der Waals surface area contributed by atoms with E-state index in [1.807, 2.05) is 31.2 Å². The van der Waals surface area contributed by atoms with Crippen LogP contribution in [0.3, 0.4) is 0 Å². The number of esters is 1. The summed E-state index contributed by atoms with van der Waals surface area (Å²) in [4.78, 5) is 19.7. The lowest BCUT2D eigenvalue weighted by Gasteiger charge is -2.08. The van der Waals surface area contributed by atoms with Crippen molar-refractivity contribution in [1.29, 1.82) is 0 Å². The number of carbonyl (C=O) groups excluding carboxylic acids is 1. The van der Waals surface area contributed by atoms with Crippen LogP contribution in [0.4, 0.5) is 5.82 Å². The molecule has 0 spiro atoms. The van der Waals surface area contributed by atoms with Crippen LogP contribution in [0.1, 0.15) is 28.3 Å². The first kappa shape index (κ1) is 15.0. The molecule has 0 bridgehead atoms. The number of hydrogen-bond acceptors (Lipinski definition) is 5. The molecule has 21 heavy (non-hydrogen) atoms. The highest BCUT2D eigenvalue weighted by Crippen LogP contribution is 2.08. The van der Waals surface area contributed by atoms with E-state index in [0.29, 0.717) is 5.82 Å². The van der Waals surface area contributed by atoms with Crippen LogP contribution < -0.4 is 5.32 Å². The number of carbonyl (C=O) groups is 1. The zero-order valence-electron chi connectivity index (χ0n) is 12.3. The van der Waals surface area contributed by atoms with Crippen molar-refractivity contribution in [1.82, 2.24) is 9.97 Å². The number of ether oxygens (including phenoxy) is 1. The van der Waals surface area contributed by atoms with Gasteiger partial charge in [0.05, 0.1) is 7.11 Å². The number of aryl methyl sites for hydroxylation is 2. The lowest BCUT2D eigenvalue weighted by molar-refractivity contribution is 0.0586. The molecule has 0 aliphatic rings. The molecule has 0 atom stereocenters. The zero-order chi connectivity index (χ0) is 15.1. The van der Waals surface area contributed by atoms with Gasteiger partial charge >= 0.3 is 5.97 Å². The quantitative estimate of drug-likeness (QED) is 0.653. The SMILES string of the molecule is COC(=O)c1nc(C)cc(NCCCc2ccccc2)n1. The molecule has 0 saturated carbocycles. The van der Waals surface area contributed by atoms with E-state index >= 15 is 0 Å². The molecule has 0 amide bonds. The minimum absolute atomic E-state index is 0.0862. The van der Waals surface area contributed by atoms with E-state index in [9.17, 15) is 4.79 Å². The number of anilines is 1. The van der Waals surface area contributed by atoms with Crippen molar-refractivity contribution >= 4 is 11.8 Å². The van der Waals surface area contributed by atoms with Crippen LogP contribution in [-0.4, -0.2) is 29.6 Å². The van der Waals surface area contributed by atoms with E-state index in [4.69, 9.17) is 0 Å². The summed E-state index contributed by atoms with van der Waals surface area (Å²) in [5.41, 5.74) is 2.05. The Labute approximate surface area is 124 Å². The minimum atomic E-state index is -0.522. The first-order chi connectivity index (χ1) is 10.2. The zero-order valence-corrected chi connectivity index (χ0v) is 12.3. The third kappa shape index (κ3) is 4.56. The van der Waals surface area contributed by atoms with E-state index in [-0.39, 0.29) is 5.82 Å². The normalized spacial score (nSPS) is 10.2. The molecular weight excluding hydrogens is 266 g/mol. The molecule has 0 aliphatic carbocycles. The van der Waals surface area contributed by atoms with E-state index in [2.05, 4.69) is 32.2 Å². The largest absolute Gasteiger partial charge is 0.463 e. The Morgan fingerprint density at radius 3 is 2.71 bits per heavy atom. The average Bonchev–Trinajstić information content (AvgIpc) is 2.51. The van der Waals surface area contributed by atoms with E-state index < -0.39 is 5.97 Å². The second kappa shape index (κ2) is 7.38. The summed E-state index contributed by atoms with van der Waals surface area (Å²) in [5.74, 6) is 0.213. The minimum Gasteiger partial charge on any atom is -0.463 e. The van der Waals surface area contributed by atoms with E-state index in [0.717, 1.165) is 25.1 Å². The second-order valence-electron chi connectivity index (χ2n) is 4.73. The van der Waals surface area contributed by atoms with Crippen LogP contribution >= 0.6 is 0 Å². The summed E-state index contributed by atoms with van der Waals surface area (Å²) in [6.07, 6.45) is 1.99. The van der Waals surface area contributed by atoms with E-state index in [1.165, 1.54) is 12.7 Å². The highest BCUT2D eigenvalue weighted by molar-refractivity contribution is 5.85. The maximum absolute atomic E-state index is 11.5. The molecule has 0 fully saturated rings. The predicted octanol–water partition coefficient (Wildman–Crippen LogP) is 2.62. The lowest BCUT2D eigenvalue weighted by Crippen LogP contribution is -2.12. The van der Waals surface area contributed by atoms with Crippen LogP contribution in [0.5, 0.6) is 0 Å². The number of nitrogens with zero attached hydrogens (tertiary/aromatic N) is 2. The van der Waals surface area contributed by atoms with Gasteiger partial charge < -0.3 is 10.1 Å². The number of nitrogens with one attached hydrogen (secondary N) is 1. The molecule has 1 aromatic carbocycles. The van der Waals surface area contributed by atoms with Crippen LogP contribution in [0, 0.1) is 6.92 Å². The molecule has 0 aliphatic heterocycles. The Morgan fingerprint density at radius 1 is 1.24 bits per heavy atom. The monoisotopic (exact) mass is 285 g/mol. The van der Waals surface area contributed by atoms with Crippen molar-refractivity contribution in [3.05, 3.63) is 53.5 Å². The third-order valence-electron chi connectivity index (χ3n) is 3.01. The van der Waals surface area contributed by atoms with Gasteiger partial charge in [-0.3, -0.25) is 0 Å². The van der Waals surface area contributed by atoms with Crippen molar-refractivity contribution < 1.29 is 9.53 Å². The number of aromatic nitrogens is 2. The molecular formula is C16H19N3O2. The predicted molar refractivity (Wildman–Crippen MR) is 81.4 cm³/mol. The van der Waals surface area contributed by atoms with Gasteiger partial charge in [-0.05, 0) is 25.3 Å². The molecule has 1 heterocycles. The smallest absolute Gasteiger partial charge is 0.376 e. The molecule has 110 valence electrons. The van der Waals surface area contributed by atoms with Crippen molar-refractivity contribution in [3.8, 4) is 0 Å². The van der Waals surface area contributed by atoms with Crippen molar-refractivity contribution in [2.45, 2.75) is 19.8 Å². The van der Waals surface area contributed by atoms with E-state index in [1.54, 1.807) is 0 Å². The number of benzene rings is 1. The van der Waals surface area contributed by atoms with Crippen LogP contribution in [0.25, 0.3) is 0 Å². The van der Waals surface area contributed by atoms with Gasteiger partial charge in [0.25, 0.3) is 0 Å². The molecule has 0 unspecified atom stereocenters. The number of rotatable bonds is 6. The average molecular weight is 285 g/mol. The topological polar surface area (TPSA) is 64.1 Å². The van der Waals surface area contributed by atoms with Gasteiger partial charge in [0.1, 0.15) is 5.82 Å². The fourth-order valence-corrected chi connectivity index (χ4v) is 2.00. The maximum atomic E-state index is 11.5. The van der Waals surface area contributed by atoms with Gasteiger partial charge in [-0.25, -0.2) is 14.8 Å². The van der Waals surface area contributed by atoms with Gasteiger partial charge in [-0.1, -0.05) is 30.3 Å². The molecule has 1 aromatic heterocycles. The standard InChI is InChI=1S/C16H19N3O2/c1-12-11-14(19-15(18-12)16(20)21-2)17-10-6-9-13-7-4-3-5-8-13/h3-5,7-8,11H,6,9-10H2,1-2H3,(H,17,18,19). The summed E-state index contributed by atoms with van der Waals surface area (Å²) in [6, 6.07) is 12.1. The molecule has 0 radical (unpaired) electrons. The van der Waals surface area contributed by atoms with Gasteiger partial charge in [0, 0.05) is 18.3 Å². The fraction of sp³-hybridized carbons (Fsp3) is 0.312. The first-order valence-electron chi connectivity index (χ1n) is 6.91. The van der Waals surface area contributed by atoms with Crippen LogP contribution in [0.2, 0.25) is 0 Å². The van der Waals surface area contributed by atoms with Gasteiger partial charge in [0.15, 0.2) is 0 Å². The Morgan fingerprint density at radius 2 is 2.00 bits per heavy atom. The van der Waals surface area contributed by atoms with Gasteiger partial charge in [-0.2, -0.15) is 0 Å². The summed E-state index contributed by atoms with van der Waals surface area (Å²) in [7, 11) is 1.32. The van der Waals surface area contributed by atoms with Crippen molar-refractivity contribution in [3.63, 3.8) is 0 Å². The maximum Gasteiger partial charge on any atom is 0.376 e. The molecule has 2 rings (SSSR count). The first-order valence-corrected chi connectivity index (χ1v) is 6.91. The second-order valence-corrected chi connectivity index (χ2v) is 4.73. The molecule has 5 nitrogen and oxygen atoms in total. The number of methoxy groups -OCH3 is 1. The summed E-state index contributed by atoms with van der Waals surface area (Å²) in [6.45, 7) is 2.61. The van der Waals surface area contributed by atoms with Gasteiger partial charge in [0.2, 0.25) is 5.82 Å². The summed E-state index contributed by atoms with van der Waals surface area (Å²) >= 11 is 0. The van der Waals surface area contributed by atoms with Crippen molar-refractivity contribution in [2.24, 2.45) is 0 Å². The highest BCUT2D eigenvalue weighted by Gasteiger charge is 2.11. The third-order valence-corrected chi connectivity index (χ3v) is 3.01. The molecule has 5 heteroatoms. The molecule has 2 aromatic rings.